The van der Waals surface area contributed by atoms with Gasteiger partial charge in [-0.2, -0.15) is 4.37 Å². The molecule has 0 unspecified atom stereocenters. The Hall–Kier alpha value is -3.96. The first-order valence-electron chi connectivity index (χ1n) is 10.2. The van der Waals surface area contributed by atoms with Crippen LogP contribution in [-0.4, -0.2) is 47.5 Å². The van der Waals surface area contributed by atoms with Crippen LogP contribution in [0.1, 0.15) is 37.3 Å². The second kappa shape index (κ2) is 10.8. The molecule has 34 heavy (non-hydrogen) atoms. The molecule has 6 N–H and O–H groups in total. The lowest BCUT2D eigenvalue weighted by Crippen LogP contribution is -2.44. The predicted octanol–water partition coefficient (Wildman–Crippen LogP) is 1.99. The highest BCUT2D eigenvalue weighted by molar-refractivity contribution is 7.09. The van der Waals surface area contributed by atoms with Crippen LogP contribution in [0.2, 0.25) is 0 Å². The summed E-state index contributed by atoms with van der Waals surface area (Å²) >= 11 is 0.729. The first-order valence-corrected chi connectivity index (χ1v) is 11.0. The van der Waals surface area contributed by atoms with Crippen molar-refractivity contribution in [1.29, 1.82) is 0 Å². The van der Waals surface area contributed by atoms with Gasteiger partial charge in [0.15, 0.2) is 5.69 Å². The van der Waals surface area contributed by atoms with E-state index >= 15 is 0 Å². The molecule has 0 saturated carbocycles. The Kier molecular flexibility index (Phi) is 7.82. The van der Waals surface area contributed by atoms with Crippen LogP contribution in [-0.2, 0) is 9.53 Å². The van der Waals surface area contributed by atoms with Gasteiger partial charge < -0.3 is 26.6 Å². The smallest absolute Gasteiger partial charge is 0.273 e. The number of carbonyl (C=O) groups excluding carboxylic acids is 3. The average molecular weight is 484 g/mol. The number of phenolic OH excluding ortho intramolecular Hbond substituents is 1. The van der Waals surface area contributed by atoms with Crippen molar-refractivity contribution in [3.05, 3.63) is 70.2 Å². The fourth-order valence-electron chi connectivity index (χ4n) is 3.35. The van der Waals surface area contributed by atoms with E-state index in [0.717, 1.165) is 17.1 Å². The molecule has 0 aliphatic rings. The number of aryl methyl sites for hydroxylation is 1. The summed E-state index contributed by atoms with van der Waals surface area (Å²) in [6, 6.07) is 11.9. The lowest BCUT2D eigenvalue weighted by molar-refractivity contribution is -0.122. The Morgan fingerprint density at radius 3 is 2.50 bits per heavy atom. The van der Waals surface area contributed by atoms with Crippen molar-refractivity contribution in [2.75, 3.05) is 30.9 Å². The van der Waals surface area contributed by atoms with Gasteiger partial charge >= 0.3 is 0 Å². The van der Waals surface area contributed by atoms with Crippen molar-refractivity contribution < 1.29 is 24.2 Å². The molecule has 3 amide bonds. The number of benzene rings is 2. The van der Waals surface area contributed by atoms with Gasteiger partial charge in [0, 0.05) is 19.3 Å². The summed E-state index contributed by atoms with van der Waals surface area (Å²) in [4.78, 5) is 40.1. The van der Waals surface area contributed by atoms with Crippen molar-refractivity contribution in [3.8, 4) is 5.75 Å². The minimum absolute atomic E-state index is 0.00789. The first kappa shape index (κ1) is 24.7. The van der Waals surface area contributed by atoms with E-state index in [2.05, 4.69) is 9.69 Å². The fraction of sp³-hybridized carbons (Fsp3) is 0.217. The van der Waals surface area contributed by atoms with E-state index in [4.69, 9.17) is 16.2 Å². The Morgan fingerprint density at radius 1 is 1.21 bits per heavy atom. The number of methoxy groups -OCH3 is 1. The van der Waals surface area contributed by atoms with Crippen LogP contribution in [0.4, 0.5) is 11.4 Å². The minimum Gasteiger partial charge on any atom is -0.508 e. The summed E-state index contributed by atoms with van der Waals surface area (Å²) < 4.78 is 8.94. The molecule has 0 bridgehead atoms. The predicted molar refractivity (Wildman–Crippen MR) is 129 cm³/mol. The molecule has 0 aliphatic carbocycles. The van der Waals surface area contributed by atoms with Gasteiger partial charge in [-0.25, -0.2) is 0 Å². The molecule has 11 heteroatoms. The number of amides is 3. The van der Waals surface area contributed by atoms with Gasteiger partial charge in [0.25, 0.3) is 11.8 Å². The zero-order chi connectivity index (χ0) is 24.8. The van der Waals surface area contributed by atoms with Crippen molar-refractivity contribution in [2.45, 2.75) is 13.0 Å². The maximum atomic E-state index is 13.8. The molecule has 0 spiro atoms. The number of rotatable bonds is 9. The molecule has 0 radical (unpaired) electrons. The molecule has 178 valence electrons. The number of carbonyl (C=O) groups is 3. The summed E-state index contributed by atoms with van der Waals surface area (Å²) in [5.74, 6) is -1.96. The highest BCUT2D eigenvalue weighted by Crippen LogP contribution is 2.34. The van der Waals surface area contributed by atoms with Crippen molar-refractivity contribution in [3.63, 3.8) is 0 Å². The number of nitrogens with two attached hydrogens (primary N) is 2. The van der Waals surface area contributed by atoms with Gasteiger partial charge in [-0.1, -0.05) is 24.3 Å². The van der Waals surface area contributed by atoms with E-state index in [1.807, 2.05) is 13.0 Å². The zero-order valence-electron chi connectivity index (χ0n) is 18.6. The molecule has 3 rings (SSSR count). The lowest BCUT2D eigenvalue weighted by Gasteiger charge is -2.31. The van der Waals surface area contributed by atoms with E-state index in [1.54, 1.807) is 30.3 Å². The maximum Gasteiger partial charge on any atom is 0.273 e. The molecular formula is C23H25N5O5S. The van der Waals surface area contributed by atoms with E-state index in [9.17, 15) is 19.5 Å². The second-order valence-electron chi connectivity index (χ2n) is 7.43. The van der Waals surface area contributed by atoms with Gasteiger partial charge in [-0.05, 0) is 53.8 Å². The van der Waals surface area contributed by atoms with Crippen molar-refractivity contribution in [2.24, 2.45) is 5.73 Å². The van der Waals surface area contributed by atoms with Crippen LogP contribution >= 0.6 is 11.5 Å². The molecule has 10 nitrogen and oxygen atoms in total. The molecule has 0 fully saturated rings. The highest BCUT2D eigenvalue weighted by Gasteiger charge is 2.36. The SMILES string of the molecule is COCCNC(=O)[C@H](c1ccc(O)cc1)N(C(=O)c1snc(C(N)=O)c1N)c1cccc(C)c1. The van der Waals surface area contributed by atoms with Gasteiger partial charge in [0.2, 0.25) is 5.91 Å². The van der Waals surface area contributed by atoms with E-state index in [-0.39, 0.29) is 35.2 Å². The number of aromatic nitrogens is 1. The number of anilines is 2. The topological polar surface area (TPSA) is 161 Å². The molecule has 1 aromatic heterocycles. The number of aromatic hydroxyl groups is 1. The molecule has 0 aliphatic heterocycles. The third-order valence-electron chi connectivity index (χ3n) is 4.98. The van der Waals surface area contributed by atoms with Crippen LogP contribution in [0.3, 0.4) is 0 Å². The van der Waals surface area contributed by atoms with Crippen LogP contribution in [0, 0.1) is 6.92 Å². The largest absolute Gasteiger partial charge is 0.508 e. The normalized spacial score (nSPS) is 11.6. The summed E-state index contributed by atoms with van der Waals surface area (Å²) in [6.07, 6.45) is 0. The fourth-order valence-corrected chi connectivity index (χ4v) is 4.09. The van der Waals surface area contributed by atoms with E-state index in [0.29, 0.717) is 11.3 Å². The Bertz CT molecular complexity index is 1190. The average Bonchev–Trinajstić information content (AvgIpc) is 3.19. The maximum absolute atomic E-state index is 13.8. The third kappa shape index (κ3) is 5.33. The van der Waals surface area contributed by atoms with Gasteiger partial charge in [0.05, 0.1) is 12.3 Å². The van der Waals surface area contributed by atoms with Crippen LogP contribution in [0.15, 0.2) is 48.5 Å². The van der Waals surface area contributed by atoms with Crippen LogP contribution in [0.5, 0.6) is 5.75 Å². The summed E-state index contributed by atoms with van der Waals surface area (Å²) in [5, 5.41) is 12.5. The molecule has 2 aromatic carbocycles. The minimum atomic E-state index is -1.13. The number of nitrogens with one attached hydrogen (secondary N) is 1. The Labute approximate surface area is 200 Å². The van der Waals surface area contributed by atoms with E-state index in [1.165, 1.54) is 24.1 Å². The summed E-state index contributed by atoms with van der Waals surface area (Å²) in [7, 11) is 1.51. The number of phenols is 1. The Morgan fingerprint density at radius 2 is 1.91 bits per heavy atom. The van der Waals surface area contributed by atoms with Gasteiger partial charge in [-0.15, -0.1) is 0 Å². The molecule has 3 aromatic rings. The van der Waals surface area contributed by atoms with Crippen molar-refractivity contribution >= 4 is 40.6 Å². The third-order valence-corrected chi connectivity index (χ3v) is 5.83. The van der Waals surface area contributed by atoms with Crippen molar-refractivity contribution in [1.82, 2.24) is 9.69 Å². The quantitative estimate of drug-likeness (QED) is 0.338. The number of ether oxygens (including phenoxy) is 1. The molecule has 1 atom stereocenters. The van der Waals surface area contributed by atoms with Gasteiger partial charge in [-0.3, -0.25) is 19.3 Å². The Balaban J connectivity index is 2.17. The van der Waals surface area contributed by atoms with Crippen LogP contribution < -0.4 is 21.7 Å². The van der Waals surface area contributed by atoms with E-state index < -0.39 is 23.8 Å². The first-order chi connectivity index (χ1) is 16.2. The lowest BCUT2D eigenvalue weighted by atomic mass is 10.0. The number of nitrogen functional groups attached to an aromatic ring is 1. The summed E-state index contributed by atoms with van der Waals surface area (Å²) in [5.41, 5.74) is 12.7. The van der Waals surface area contributed by atoms with Crippen LogP contribution in [0.25, 0.3) is 0 Å². The molecule has 0 saturated heterocycles. The standard InChI is InChI=1S/C23H25N5O5S/c1-13-4-3-5-15(12-13)28(23(32)20-17(24)18(21(25)30)27-34-20)19(22(31)26-10-11-33-2)14-6-8-16(29)9-7-14/h3-9,12,19,29H,10-11,24H2,1-2H3,(H2,25,30)(H,26,31)/t19-/m0/s1. The number of hydrogen-bond donors (Lipinski definition) is 4. The second-order valence-corrected chi connectivity index (χ2v) is 8.20. The molecular weight excluding hydrogens is 458 g/mol. The van der Waals surface area contributed by atoms with Gasteiger partial charge in [0.1, 0.15) is 16.7 Å². The molecule has 1 heterocycles. The zero-order valence-corrected chi connectivity index (χ0v) is 19.5. The number of primary amides is 1. The highest BCUT2D eigenvalue weighted by atomic mass is 32.1. The number of hydrogen-bond acceptors (Lipinski definition) is 8. The number of nitrogens with zero attached hydrogens (tertiary/aromatic N) is 2. The summed E-state index contributed by atoms with van der Waals surface area (Å²) in [6.45, 7) is 2.34. The monoisotopic (exact) mass is 483 g/mol.